The van der Waals surface area contributed by atoms with E-state index in [1.54, 1.807) is 44.3 Å². The Balaban J connectivity index is 0.00000420. The molecule has 0 fully saturated rings. The van der Waals surface area contributed by atoms with Gasteiger partial charge in [0.1, 0.15) is 0 Å². The van der Waals surface area contributed by atoms with Crippen LogP contribution in [0.5, 0.6) is 0 Å². The predicted molar refractivity (Wildman–Crippen MR) is 105 cm³/mol. The Hall–Kier alpha value is -2.58. The van der Waals surface area contributed by atoms with Gasteiger partial charge in [-0.05, 0) is 37.2 Å². The number of allylic oxidation sites excluding steroid dienone is 2. The van der Waals surface area contributed by atoms with Crippen LogP contribution in [0.3, 0.4) is 0 Å². The van der Waals surface area contributed by atoms with Crippen LogP contribution < -0.4 is 45.1 Å². The third kappa shape index (κ3) is 5.48. The van der Waals surface area contributed by atoms with Crippen molar-refractivity contribution >= 4 is 41.1 Å². The van der Waals surface area contributed by atoms with Crippen LogP contribution in [0.1, 0.15) is 13.8 Å². The Kier molecular flexibility index (Phi) is 9.13. The average Bonchev–Trinajstić information content (AvgIpc) is 2.66. The van der Waals surface area contributed by atoms with Crippen LogP contribution in [0.4, 0.5) is 11.4 Å². The molecule has 11 heteroatoms. The van der Waals surface area contributed by atoms with E-state index in [-0.39, 0.29) is 46.1 Å². The number of nitrogens with one attached hydrogen (secondary N) is 2. The summed E-state index contributed by atoms with van der Waals surface area (Å²) in [7, 11) is 2.50. The van der Waals surface area contributed by atoms with Gasteiger partial charge in [-0.1, -0.05) is 6.07 Å². The molecule has 0 unspecified atom stereocenters. The van der Waals surface area contributed by atoms with Crippen molar-refractivity contribution in [3.8, 4) is 6.19 Å². The maximum absolute atomic E-state index is 12.4. The number of carbonyl (C=O) groups is 2. The standard InChI is InChI=1S/C18H19N5O4S.Na/c1-10-14(16(24)26-3)23(15(11(2)21-10)17(25)27-4)13-7-5-6-12(8-13)22-18(28)20-9-19;/h5-8,21H,1-4H3,(H2,20,22,28);/q;+1/p-1. The number of anilines is 1. The zero-order valence-corrected chi connectivity index (χ0v) is 19.5. The first kappa shape index (κ1) is 24.5. The smallest absolute Gasteiger partial charge is 0.742 e. The van der Waals surface area contributed by atoms with Gasteiger partial charge in [0, 0.05) is 17.1 Å². The molecule has 0 aromatic heterocycles. The second-order valence-corrected chi connectivity index (χ2v) is 5.95. The monoisotopic (exact) mass is 423 g/mol. The van der Waals surface area contributed by atoms with Crippen LogP contribution in [-0.2, 0) is 31.7 Å². The summed E-state index contributed by atoms with van der Waals surface area (Å²) in [6, 6.07) is 6.65. The number of aliphatic imine (C=N–C) groups is 1. The van der Waals surface area contributed by atoms with Crippen molar-refractivity contribution in [3.05, 3.63) is 47.1 Å². The van der Waals surface area contributed by atoms with Crippen LogP contribution in [0.15, 0.2) is 52.0 Å². The molecule has 0 amide bonds. The molecule has 0 radical (unpaired) electrons. The third-order valence-electron chi connectivity index (χ3n) is 3.77. The molecule has 9 nitrogen and oxygen atoms in total. The molecule has 0 saturated carbocycles. The number of amidine groups is 1. The van der Waals surface area contributed by atoms with Gasteiger partial charge in [-0.15, -0.1) is 0 Å². The quantitative estimate of drug-likeness (QED) is 0.114. The summed E-state index contributed by atoms with van der Waals surface area (Å²) in [5, 5.41) is 13.9. The largest absolute Gasteiger partial charge is 1.00 e. The molecule has 1 aliphatic heterocycles. The van der Waals surface area contributed by atoms with Crippen LogP contribution in [0.2, 0.25) is 0 Å². The molecule has 0 aliphatic carbocycles. The summed E-state index contributed by atoms with van der Waals surface area (Å²) in [6.45, 7) is 3.38. The van der Waals surface area contributed by atoms with E-state index in [1.807, 2.05) is 0 Å². The first-order valence-corrected chi connectivity index (χ1v) is 8.41. The number of methoxy groups -OCH3 is 2. The van der Waals surface area contributed by atoms with Gasteiger partial charge < -0.3 is 32.7 Å². The number of hydrogen-bond donors (Lipinski definition) is 2. The normalized spacial score (nSPS) is 13.8. The zero-order chi connectivity index (χ0) is 20.8. The second kappa shape index (κ2) is 10.8. The molecule has 146 valence electrons. The zero-order valence-electron chi connectivity index (χ0n) is 16.7. The Labute approximate surface area is 196 Å². The number of rotatable bonds is 4. The Morgan fingerprint density at radius 1 is 1.17 bits per heavy atom. The summed E-state index contributed by atoms with van der Waals surface area (Å²) in [5.41, 5.74) is 2.14. The number of nitriles is 1. The Morgan fingerprint density at radius 3 is 2.21 bits per heavy atom. The minimum atomic E-state index is -0.636. The molecule has 0 atom stereocenters. The summed E-state index contributed by atoms with van der Waals surface area (Å²) >= 11 is 4.95. The van der Waals surface area contributed by atoms with Crippen LogP contribution in [-0.4, -0.2) is 31.3 Å². The van der Waals surface area contributed by atoms with E-state index >= 15 is 0 Å². The summed E-state index contributed by atoms with van der Waals surface area (Å²) in [4.78, 5) is 30.4. The van der Waals surface area contributed by atoms with Gasteiger partial charge in [0.15, 0.2) is 17.6 Å². The van der Waals surface area contributed by atoms with Gasteiger partial charge in [0.2, 0.25) is 0 Å². The van der Waals surface area contributed by atoms with Crippen molar-refractivity contribution in [1.29, 1.82) is 5.26 Å². The fraction of sp³-hybridized carbons (Fsp3) is 0.222. The molecule has 1 aromatic rings. The minimum Gasteiger partial charge on any atom is -0.742 e. The molecule has 29 heavy (non-hydrogen) atoms. The van der Waals surface area contributed by atoms with Crippen molar-refractivity contribution in [2.24, 2.45) is 4.99 Å². The molecule has 2 rings (SSSR count). The van der Waals surface area contributed by atoms with E-state index in [4.69, 9.17) is 27.4 Å². The Bertz CT molecular complexity index is 914. The SMILES string of the molecule is COC(=O)C1=C(C)NC(C)=C(C(=O)OC)N1c1cccc(N=C([S-])NC#N)c1.[Na+]. The molecular weight excluding hydrogens is 405 g/mol. The van der Waals surface area contributed by atoms with Crippen molar-refractivity contribution < 1.29 is 48.6 Å². The summed E-state index contributed by atoms with van der Waals surface area (Å²) in [5.74, 6) is -1.27. The number of ether oxygens (including phenoxy) is 2. The van der Waals surface area contributed by atoms with E-state index in [0.717, 1.165) is 0 Å². The topological polar surface area (TPSA) is 116 Å². The molecule has 1 aliphatic rings. The fourth-order valence-corrected chi connectivity index (χ4v) is 2.83. The molecule has 1 heterocycles. The van der Waals surface area contributed by atoms with Crippen molar-refractivity contribution in [2.75, 3.05) is 19.1 Å². The van der Waals surface area contributed by atoms with Gasteiger partial charge in [0.05, 0.1) is 19.9 Å². The number of nitrogens with zero attached hydrogens (tertiary/aromatic N) is 3. The molecule has 1 aromatic carbocycles. The van der Waals surface area contributed by atoms with Gasteiger partial charge in [-0.25, -0.2) is 9.59 Å². The van der Waals surface area contributed by atoms with Crippen LogP contribution in [0, 0.1) is 11.5 Å². The molecule has 2 N–H and O–H groups in total. The van der Waals surface area contributed by atoms with Gasteiger partial charge in [0.25, 0.3) is 0 Å². The van der Waals surface area contributed by atoms with Gasteiger partial charge in [-0.2, -0.15) is 5.26 Å². The molecule has 0 spiro atoms. The van der Waals surface area contributed by atoms with Gasteiger partial charge >= 0.3 is 41.5 Å². The number of carbonyl (C=O) groups excluding carboxylic acids is 2. The molecule has 0 saturated heterocycles. The first-order chi connectivity index (χ1) is 13.3. The predicted octanol–water partition coefficient (Wildman–Crippen LogP) is -1.49. The number of hydrogen-bond acceptors (Lipinski definition) is 9. The first-order valence-electron chi connectivity index (χ1n) is 8.00. The molecular formula is C18H18N5NaO4S. The Morgan fingerprint density at radius 2 is 1.72 bits per heavy atom. The van der Waals surface area contributed by atoms with Crippen LogP contribution >= 0.6 is 0 Å². The fourth-order valence-electron chi connectivity index (χ4n) is 2.68. The minimum absolute atomic E-state index is 0. The average molecular weight is 423 g/mol. The van der Waals surface area contributed by atoms with Crippen molar-refractivity contribution in [1.82, 2.24) is 10.6 Å². The van der Waals surface area contributed by atoms with E-state index in [2.05, 4.69) is 15.6 Å². The molecule has 0 bridgehead atoms. The number of benzene rings is 1. The van der Waals surface area contributed by atoms with Crippen LogP contribution in [0.25, 0.3) is 0 Å². The van der Waals surface area contributed by atoms with E-state index in [1.165, 1.54) is 19.1 Å². The van der Waals surface area contributed by atoms with Crippen molar-refractivity contribution in [2.45, 2.75) is 13.8 Å². The van der Waals surface area contributed by atoms with E-state index in [0.29, 0.717) is 22.8 Å². The van der Waals surface area contributed by atoms with Gasteiger partial charge in [-0.3, -0.25) is 9.89 Å². The second-order valence-electron chi connectivity index (χ2n) is 5.56. The van der Waals surface area contributed by atoms with E-state index < -0.39 is 11.9 Å². The summed E-state index contributed by atoms with van der Waals surface area (Å²) < 4.78 is 9.78. The number of esters is 2. The maximum Gasteiger partial charge on any atom is 1.00 e. The van der Waals surface area contributed by atoms with Crippen molar-refractivity contribution in [3.63, 3.8) is 0 Å². The summed E-state index contributed by atoms with van der Waals surface area (Å²) in [6.07, 6.45) is 1.70. The maximum atomic E-state index is 12.4. The third-order valence-corrected chi connectivity index (χ3v) is 3.96. The van der Waals surface area contributed by atoms with E-state index in [9.17, 15) is 9.59 Å².